The van der Waals surface area contributed by atoms with Crippen LogP contribution in [-0.2, 0) is 5.41 Å². The van der Waals surface area contributed by atoms with E-state index < -0.39 is 153 Å². The first-order valence-electron chi connectivity index (χ1n) is 37.9. The van der Waals surface area contributed by atoms with Crippen LogP contribution in [0, 0.1) is 6.85 Å². The Labute approximate surface area is 488 Å². The minimum Gasteiger partial charge on any atom is -0.457 e. The number of hydrogen-bond donors (Lipinski definition) is 0. The minimum absolute atomic E-state index is 0.0775. The van der Waals surface area contributed by atoms with Crippen LogP contribution >= 0.6 is 0 Å². The van der Waals surface area contributed by atoms with E-state index in [1.54, 1.807) is 83.4 Å². The van der Waals surface area contributed by atoms with Crippen molar-refractivity contribution in [1.29, 1.82) is 0 Å². The van der Waals surface area contributed by atoms with Crippen molar-refractivity contribution in [1.82, 2.24) is 14.1 Å². The molecule has 4 heterocycles. The van der Waals surface area contributed by atoms with Crippen LogP contribution in [0.3, 0.4) is 0 Å². The summed E-state index contributed by atoms with van der Waals surface area (Å²) < 4.78 is 261. The molecule has 0 spiro atoms. The van der Waals surface area contributed by atoms with E-state index in [1.165, 1.54) is 59.6 Å². The number of fused-ring (bicyclic) bond motifs is 10. The lowest BCUT2D eigenvalue weighted by molar-refractivity contribution is -0.567. The molecule has 0 atom stereocenters. The highest BCUT2D eigenvalue weighted by Crippen LogP contribution is 2.45. The molecule has 1 aliphatic heterocycles. The van der Waals surface area contributed by atoms with Crippen molar-refractivity contribution in [2.75, 3.05) is 0 Å². The Morgan fingerprint density at radius 2 is 1.13 bits per heavy atom. The fourth-order valence-electron chi connectivity index (χ4n) is 11.1. The van der Waals surface area contributed by atoms with Crippen molar-refractivity contribution in [2.24, 2.45) is 0 Å². The molecule has 14 rings (SSSR count). The molecule has 0 fully saturated rings. The maximum Gasteiger partial charge on any atom is 0.255 e. The molecule has 10 aromatic carbocycles. The predicted octanol–water partition coefficient (Wildman–Crippen LogP) is 14.5. The van der Waals surface area contributed by atoms with Crippen molar-refractivity contribution in [3.05, 3.63) is 272 Å². The van der Waals surface area contributed by atoms with Crippen LogP contribution < -0.4 is 30.1 Å². The average Bonchev–Trinajstić information content (AvgIpc) is 1.44. The van der Waals surface area contributed by atoms with Gasteiger partial charge in [0.15, 0.2) is 19.1 Å². The van der Waals surface area contributed by atoms with Gasteiger partial charge in [0.05, 0.1) is 31.6 Å². The molecule has 1 aliphatic rings. The number of nitrogens with zero attached hydrogens (tertiary/aromatic N) is 4. The number of benzene rings is 10. The van der Waals surface area contributed by atoms with Crippen LogP contribution in [0.5, 0.6) is 11.5 Å². The second-order valence-corrected chi connectivity index (χ2v) is 22.1. The molecule has 77 heavy (non-hydrogen) atoms. The van der Waals surface area contributed by atoms with E-state index in [0.29, 0.717) is 45.0 Å². The number of hydrogen-bond acceptors (Lipinski definition) is 2. The quantitative estimate of drug-likeness (QED) is 0.0864. The largest absolute Gasteiger partial charge is 0.457 e. The smallest absolute Gasteiger partial charge is 0.255 e. The van der Waals surface area contributed by atoms with Crippen molar-refractivity contribution < 1.29 is 46.3 Å². The normalized spacial score (nSPS) is 17.8. The molecule has 0 amide bonds. The van der Waals surface area contributed by atoms with E-state index in [2.05, 4.69) is 4.98 Å². The molecule has 0 aliphatic carbocycles. The summed E-state index contributed by atoms with van der Waals surface area (Å²) >= 11 is 0. The van der Waals surface area contributed by atoms with E-state index in [9.17, 15) is 28.8 Å². The molecule has 368 valence electrons. The summed E-state index contributed by atoms with van der Waals surface area (Å²) in [4.78, 5) is 4.59. The monoisotopic (exact) mass is 1030 g/mol. The summed E-state index contributed by atoms with van der Waals surface area (Å²) in [5.41, 5.74) is -1.40. The fourth-order valence-corrected chi connectivity index (χ4v) is 14.9. The van der Waals surface area contributed by atoms with E-state index in [-0.39, 0.29) is 44.4 Å². The minimum atomic E-state index is -5.92. The van der Waals surface area contributed by atoms with E-state index in [4.69, 9.17) is 13.0 Å². The second kappa shape index (κ2) is 18.2. The predicted molar refractivity (Wildman–Crippen MR) is 320 cm³/mol. The Balaban J connectivity index is 1.11. The van der Waals surface area contributed by atoms with E-state index in [0.717, 1.165) is 22.4 Å². The number of pyridine rings is 1. The molecule has 0 saturated heterocycles. The Kier molecular flexibility index (Phi) is 6.12. The molecule has 6 heteroatoms. The molecule has 0 bridgehead atoms. The third kappa shape index (κ3) is 7.50. The van der Waals surface area contributed by atoms with Gasteiger partial charge in [-0.25, -0.2) is 4.98 Å². The van der Waals surface area contributed by atoms with Crippen LogP contribution in [0.1, 0.15) is 68.7 Å². The Morgan fingerprint density at radius 3 is 1.87 bits per heavy atom. The zero-order chi connectivity index (χ0) is 74.9. The van der Waals surface area contributed by atoms with Crippen molar-refractivity contribution >= 4 is 61.7 Å². The molecule has 13 aromatic rings. The van der Waals surface area contributed by atoms with Crippen LogP contribution in [0.25, 0.3) is 83.4 Å². The highest BCUT2D eigenvalue weighted by atomic mass is 28.3. The third-order valence-electron chi connectivity index (χ3n) is 14.3. The van der Waals surface area contributed by atoms with Gasteiger partial charge >= 0.3 is 0 Å². The highest BCUT2D eigenvalue weighted by molar-refractivity contribution is 7.20. The van der Waals surface area contributed by atoms with Gasteiger partial charge in [-0.15, -0.1) is 0 Å². The van der Waals surface area contributed by atoms with Gasteiger partial charge in [-0.3, -0.25) is 4.57 Å². The van der Waals surface area contributed by atoms with Gasteiger partial charge in [0.2, 0.25) is 0 Å². The summed E-state index contributed by atoms with van der Waals surface area (Å²) in [5.74, 6) is 0.940. The number of aromatic nitrogens is 4. The topological polar surface area (TPSA) is 35.9 Å². The maximum absolute atomic E-state index is 9.84. The Morgan fingerprint density at radius 1 is 0.506 bits per heavy atom. The summed E-state index contributed by atoms with van der Waals surface area (Å²) in [5, 5.41) is -1.13. The standard InChI is InChI=1S/C71H55N4OSi/c1-48-41-42-72-68(43-48)75-65-35-17-16-31-59(65)60-39-37-51(45-67(60)75)76-50-22-18-21-49(44-50)73-47-74-69-62(32-19-34-64(69)71(2,3)4)63-46-55(38-40-58(63)56-29-14-15-30-57(56)61-33-20-36-66(73)70(61)74)77(52-23-8-5-9-24-52,53-25-10-6-11-26-53)54-27-12-7-13-28-54/h5-47H,1-4H3/q+1/i1D3,2D3,3D3,4D3,5D,6D,7D,8D,9D,10D,11D,12D,13D,23D,24D,25D,26D,27D,28D. The Bertz CT molecular complexity index is 5540. The van der Waals surface area contributed by atoms with Crippen molar-refractivity contribution in [3.8, 4) is 62.1 Å². The van der Waals surface area contributed by atoms with Gasteiger partial charge in [0.25, 0.3) is 6.33 Å². The van der Waals surface area contributed by atoms with Gasteiger partial charge in [0.1, 0.15) is 28.7 Å². The second-order valence-electron chi connectivity index (χ2n) is 18.6. The van der Waals surface area contributed by atoms with Gasteiger partial charge in [-0.2, -0.15) is 9.13 Å². The van der Waals surface area contributed by atoms with Crippen LogP contribution in [0.15, 0.2) is 261 Å². The molecule has 0 unspecified atom stereocenters. The lowest BCUT2D eigenvalue weighted by Gasteiger charge is -2.35. The molecule has 0 radical (unpaired) electrons. The number of ether oxygens (including phenoxy) is 1. The number of imidazole rings is 1. The molecule has 5 nitrogen and oxygen atoms in total. The summed E-state index contributed by atoms with van der Waals surface area (Å²) in [6, 6.07) is 27.5. The number of aryl methyl sites for hydroxylation is 1. The van der Waals surface area contributed by atoms with Crippen molar-refractivity contribution in [3.63, 3.8) is 0 Å². The molecule has 3 aromatic heterocycles. The average molecular weight is 1040 g/mol. The van der Waals surface area contributed by atoms with Crippen LogP contribution in [-0.4, -0.2) is 22.2 Å². The summed E-state index contributed by atoms with van der Waals surface area (Å²) in [6.45, 7) is -14.2. The summed E-state index contributed by atoms with van der Waals surface area (Å²) in [7, 11) is -5.92. The molecular formula is C71H55N4OSi+. The molecule has 0 N–H and O–H groups in total. The van der Waals surface area contributed by atoms with Gasteiger partial charge < -0.3 is 4.74 Å². The molecular weight excluding hydrogens is 953 g/mol. The van der Waals surface area contributed by atoms with Gasteiger partial charge in [0, 0.05) is 62.2 Å². The van der Waals surface area contributed by atoms with Gasteiger partial charge in [-0.1, -0.05) is 202 Å². The highest BCUT2D eigenvalue weighted by Gasteiger charge is 2.42. The lowest BCUT2D eigenvalue weighted by Crippen LogP contribution is -2.74. The zero-order valence-electron chi connectivity index (χ0n) is 67.4. The third-order valence-corrected chi connectivity index (χ3v) is 18.4. The lowest BCUT2D eigenvalue weighted by atomic mass is 9.82. The summed E-state index contributed by atoms with van der Waals surface area (Å²) in [6.07, 6.45) is 2.94. The zero-order valence-corrected chi connectivity index (χ0v) is 41.4. The van der Waals surface area contributed by atoms with E-state index >= 15 is 0 Å². The SMILES string of the molecule is [2H]c1c([2H])c([2H])c([Si](c2ccc3c(c2)-c2cccc(C(C([2H])([2H])[2H])(C([2H])([2H])[2H])C([2H])([2H])[2H])c2-[n+]2cn(-c4cccc(Oc5ccc6c7ccccc7n(-c7cc(C([2H])([2H])[2H])ccn7)c6c5)c4)c4cccc(c42)-c2ccccc2-3)(c2c([2H])c([2H])c([2H])c([2H])c2[2H])c2c([2H])c([2H])c([2H])c([2H])c2[2H])c([2H])c1[2H]. The van der Waals surface area contributed by atoms with Crippen LogP contribution in [0.2, 0.25) is 0 Å². The first-order valence-corrected chi connectivity index (χ1v) is 26.4. The number of rotatable bonds is 8. The molecule has 0 saturated carbocycles. The maximum atomic E-state index is 9.84. The fraction of sp³-hybridized carbons (Fsp3) is 0.0704. The van der Waals surface area contributed by atoms with Gasteiger partial charge in [-0.05, 0) is 115 Å². The van der Waals surface area contributed by atoms with Crippen LogP contribution in [0.4, 0.5) is 0 Å². The first-order chi connectivity index (χ1) is 48.9. The number of para-hydroxylation sites is 3. The first kappa shape index (κ1) is 25.9. The Hall–Kier alpha value is -9.36. The van der Waals surface area contributed by atoms with E-state index in [1.807, 2.05) is 34.9 Å². The van der Waals surface area contributed by atoms with Crippen molar-refractivity contribution in [2.45, 2.75) is 32.8 Å².